The smallest absolute Gasteiger partial charge is 0.310 e. The summed E-state index contributed by atoms with van der Waals surface area (Å²) in [5.74, 6) is -0.778. The Morgan fingerprint density at radius 1 is 1.16 bits per heavy atom. The minimum absolute atomic E-state index is 0.473. The van der Waals surface area contributed by atoms with E-state index in [9.17, 15) is 9.90 Å². The van der Waals surface area contributed by atoms with Gasteiger partial charge in [-0.15, -0.1) is 0 Å². The zero-order valence-electron chi connectivity index (χ0n) is 11.6. The summed E-state index contributed by atoms with van der Waals surface area (Å²) in [5, 5.41) is 11.5. The van der Waals surface area contributed by atoms with Crippen molar-refractivity contribution in [2.75, 3.05) is 18.5 Å². The number of anilines is 1. The average Bonchev–Trinajstić information content (AvgIpc) is 2.37. The van der Waals surface area contributed by atoms with Gasteiger partial charge in [0.25, 0.3) is 0 Å². The SMILES string of the molecule is CN(CC(C)(C)C(=O)O)c1ccc2ccccc2c1. The summed E-state index contributed by atoms with van der Waals surface area (Å²) in [5.41, 5.74) is 0.272. The molecule has 0 fully saturated rings. The molecule has 1 N–H and O–H groups in total. The number of carboxylic acids is 1. The molecule has 0 aliphatic carbocycles. The molecule has 0 atom stereocenters. The van der Waals surface area contributed by atoms with E-state index in [1.807, 2.05) is 30.1 Å². The van der Waals surface area contributed by atoms with Crippen molar-refractivity contribution in [2.45, 2.75) is 13.8 Å². The van der Waals surface area contributed by atoms with Crippen molar-refractivity contribution in [3.8, 4) is 0 Å². The fraction of sp³-hybridized carbons (Fsp3) is 0.312. The molecule has 0 aliphatic rings. The van der Waals surface area contributed by atoms with Crippen LogP contribution in [0.3, 0.4) is 0 Å². The Kier molecular flexibility index (Phi) is 3.47. The number of carbonyl (C=O) groups is 1. The molecule has 0 heterocycles. The maximum absolute atomic E-state index is 11.2. The van der Waals surface area contributed by atoms with Gasteiger partial charge in [-0.05, 0) is 36.8 Å². The molecule has 0 aromatic heterocycles. The molecule has 0 bridgehead atoms. The lowest BCUT2D eigenvalue weighted by atomic mass is 9.93. The van der Waals surface area contributed by atoms with E-state index in [0.29, 0.717) is 6.54 Å². The van der Waals surface area contributed by atoms with Crippen molar-refractivity contribution in [3.05, 3.63) is 42.5 Å². The Balaban J connectivity index is 2.26. The summed E-state index contributed by atoms with van der Waals surface area (Å²) >= 11 is 0. The van der Waals surface area contributed by atoms with Crippen LogP contribution in [0.2, 0.25) is 0 Å². The molecular weight excluding hydrogens is 238 g/mol. The molecule has 0 amide bonds. The average molecular weight is 257 g/mol. The van der Waals surface area contributed by atoms with E-state index in [1.54, 1.807) is 13.8 Å². The van der Waals surface area contributed by atoms with Crippen molar-refractivity contribution >= 4 is 22.4 Å². The van der Waals surface area contributed by atoms with Crippen LogP contribution in [-0.2, 0) is 4.79 Å². The van der Waals surface area contributed by atoms with Crippen LogP contribution in [0.1, 0.15) is 13.8 Å². The molecule has 100 valence electrons. The minimum atomic E-state index is -0.778. The minimum Gasteiger partial charge on any atom is -0.481 e. The monoisotopic (exact) mass is 257 g/mol. The molecule has 0 spiro atoms. The summed E-state index contributed by atoms with van der Waals surface area (Å²) < 4.78 is 0. The summed E-state index contributed by atoms with van der Waals surface area (Å²) in [7, 11) is 1.93. The molecule has 19 heavy (non-hydrogen) atoms. The van der Waals surface area contributed by atoms with Crippen molar-refractivity contribution in [3.63, 3.8) is 0 Å². The second-order valence-corrected chi connectivity index (χ2v) is 5.58. The largest absolute Gasteiger partial charge is 0.481 e. The van der Waals surface area contributed by atoms with E-state index in [4.69, 9.17) is 0 Å². The van der Waals surface area contributed by atoms with Gasteiger partial charge in [0.05, 0.1) is 5.41 Å². The molecule has 0 aliphatic heterocycles. The van der Waals surface area contributed by atoms with Gasteiger partial charge >= 0.3 is 5.97 Å². The Hall–Kier alpha value is -2.03. The second kappa shape index (κ2) is 4.92. The third-order valence-electron chi connectivity index (χ3n) is 3.39. The summed E-state index contributed by atoms with van der Waals surface area (Å²) in [4.78, 5) is 13.2. The molecule has 0 saturated heterocycles. The molecule has 2 aromatic rings. The second-order valence-electron chi connectivity index (χ2n) is 5.58. The first kappa shape index (κ1) is 13.4. The van der Waals surface area contributed by atoms with Crippen LogP contribution >= 0.6 is 0 Å². The molecule has 0 unspecified atom stereocenters. The number of hydrogen-bond donors (Lipinski definition) is 1. The number of hydrogen-bond acceptors (Lipinski definition) is 2. The Morgan fingerprint density at radius 2 is 1.79 bits per heavy atom. The van der Waals surface area contributed by atoms with Crippen LogP contribution in [0.4, 0.5) is 5.69 Å². The third-order valence-corrected chi connectivity index (χ3v) is 3.39. The number of rotatable bonds is 4. The maximum Gasteiger partial charge on any atom is 0.310 e. The molecular formula is C16H19NO2. The lowest BCUT2D eigenvalue weighted by Gasteiger charge is -2.28. The summed E-state index contributed by atoms with van der Waals surface area (Å²) in [6.45, 7) is 3.96. The molecule has 0 saturated carbocycles. The number of carboxylic acid groups (broad SMARTS) is 1. The van der Waals surface area contributed by atoms with E-state index < -0.39 is 11.4 Å². The van der Waals surface area contributed by atoms with Crippen molar-refractivity contribution in [2.24, 2.45) is 5.41 Å². The maximum atomic E-state index is 11.2. The number of benzene rings is 2. The lowest BCUT2D eigenvalue weighted by Crippen LogP contribution is -2.37. The predicted octanol–water partition coefficient (Wildman–Crippen LogP) is 3.39. The van der Waals surface area contributed by atoms with Gasteiger partial charge in [0, 0.05) is 19.3 Å². The van der Waals surface area contributed by atoms with Gasteiger partial charge in [-0.2, -0.15) is 0 Å². The highest BCUT2D eigenvalue weighted by Crippen LogP contribution is 2.24. The molecule has 3 heteroatoms. The van der Waals surface area contributed by atoms with Gasteiger partial charge in [-0.1, -0.05) is 30.3 Å². The third kappa shape index (κ3) is 2.87. The van der Waals surface area contributed by atoms with Gasteiger partial charge in [-0.3, -0.25) is 4.79 Å². The topological polar surface area (TPSA) is 40.5 Å². The zero-order chi connectivity index (χ0) is 14.0. The van der Waals surface area contributed by atoms with Crippen LogP contribution in [0.5, 0.6) is 0 Å². The zero-order valence-corrected chi connectivity index (χ0v) is 11.6. The molecule has 0 radical (unpaired) electrons. The first-order valence-corrected chi connectivity index (χ1v) is 6.33. The van der Waals surface area contributed by atoms with Crippen LogP contribution in [0.25, 0.3) is 10.8 Å². The van der Waals surface area contributed by atoms with Crippen LogP contribution in [-0.4, -0.2) is 24.7 Å². The highest BCUT2D eigenvalue weighted by Gasteiger charge is 2.28. The van der Waals surface area contributed by atoms with E-state index in [-0.39, 0.29) is 0 Å². The number of nitrogens with zero attached hydrogens (tertiary/aromatic N) is 1. The Bertz CT molecular complexity index is 604. The van der Waals surface area contributed by atoms with E-state index in [1.165, 1.54) is 10.8 Å². The number of fused-ring (bicyclic) bond motifs is 1. The van der Waals surface area contributed by atoms with Crippen LogP contribution in [0, 0.1) is 5.41 Å². The van der Waals surface area contributed by atoms with Crippen molar-refractivity contribution < 1.29 is 9.90 Å². The van der Waals surface area contributed by atoms with Crippen molar-refractivity contribution in [1.82, 2.24) is 0 Å². The van der Waals surface area contributed by atoms with Crippen LogP contribution in [0.15, 0.2) is 42.5 Å². The first-order valence-electron chi connectivity index (χ1n) is 6.33. The van der Waals surface area contributed by atoms with Gasteiger partial charge in [0.1, 0.15) is 0 Å². The van der Waals surface area contributed by atoms with E-state index in [2.05, 4.69) is 24.3 Å². The van der Waals surface area contributed by atoms with Crippen molar-refractivity contribution in [1.29, 1.82) is 0 Å². The Labute approximate surface area is 113 Å². The lowest BCUT2D eigenvalue weighted by molar-refractivity contribution is -0.146. The number of aliphatic carboxylic acids is 1. The quantitative estimate of drug-likeness (QED) is 0.912. The summed E-state index contributed by atoms with van der Waals surface area (Å²) in [6, 6.07) is 14.3. The summed E-state index contributed by atoms with van der Waals surface area (Å²) in [6.07, 6.45) is 0. The fourth-order valence-corrected chi connectivity index (χ4v) is 2.17. The normalized spacial score (nSPS) is 11.5. The molecule has 3 nitrogen and oxygen atoms in total. The van der Waals surface area contributed by atoms with E-state index >= 15 is 0 Å². The molecule has 2 rings (SSSR count). The van der Waals surface area contributed by atoms with Gasteiger partial charge < -0.3 is 10.0 Å². The van der Waals surface area contributed by atoms with Crippen LogP contribution < -0.4 is 4.90 Å². The Morgan fingerprint density at radius 3 is 2.42 bits per heavy atom. The predicted molar refractivity (Wildman–Crippen MR) is 78.6 cm³/mol. The first-order chi connectivity index (χ1) is 8.90. The van der Waals surface area contributed by atoms with E-state index in [0.717, 1.165) is 5.69 Å². The fourth-order valence-electron chi connectivity index (χ4n) is 2.17. The highest BCUT2D eigenvalue weighted by molar-refractivity contribution is 5.86. The van der Waals surface area contributed by atoms with Gasteiger partial charge in [0.2, 0.25) is 0 Å². The molecule has 2 aromatic carbocycles. The standard InChI is InChI=1S/C16H19NO2/c1-16(2,15(18)19)11-17(3)14-9-8-12-6-4-5-7-13(12)10-14/h4-10H,11H2,1-3H3,(H,18,19). The van der Waals surface area contributed by atoms with Gasteiger partial charge in [-0.25, -0.2) is 0 Å². The highest BCUT2D eigenvalue weighted by atomic mass is 16.4. The van der Waals surface area contributed by atoms with Gasteiger partial charge in [0.15, 0.2) is 0 Å².